The third-order valence-corrected chi connectivity index (χ3v) is 3.29. The summed E-state index contributed by atoms with van der Waals surface area (Å²) in [4.78, 5) is 9.54. The lowest BCUT2D eigenvalue weighted by Crippen LogP contribution is -1.96. The molecule has 0 atom stereocenters. The molecule has 2 aromatic rings. The van der Waals surface area contributed by atoms with Crippen LogP contribution in [-0.2, 0) is 6.54 Å². The largest absolute Gasteiger partial charge is 0.326 e. The highest BCUT2D eigenvalue weighted by atomic mass is 32.2. The van der Waals surface area contributed by atoms with Crippen LogP contribution in [0.1, 0.15) is 11.1 Å². The van der Waals surface area contributed by atoms with Crippen molar-refractivity contribution in [2.75, 3.05) is 0 Å². The van der Waals surface area contributed by atoms with Crippen molar-refractivity contribution < 1.29 is 0 Å². The molecule has 0 aliphatic carbocycles. The van der Waals surface area contributed by atoms with Gasteiger partial charge in [-0.1, -0.05) is 12.1 Å². The molecule has 1 aromatic carbocycles. The van der Waals surface area contributed by atoms with Crippen LogP contribution < -0.4 is 5.73 Å². The monoisotopic (exact) mass is 231 g/mol. The highest BCUT2D eigenvalue weighted by Gasteiger charge is 2.03. The van der Waals surface area contributed by atoms with Gasteiger partial charge in [0, 0.05) is 23.8 Å². The molecule has 82 valence electrons. The van der Waals surface area contributed by atoms with E-state index < -0.39 is 0 Å². The van der Waals surface area contributed by atoms with Crippen molar-refractivity contribution in [1.82, 2.24) is 9.97 Å². The summed E-state index contributed by atoms with van der Waals surface area (Å²) in [5.74, 6) is 0. The first-order chi connectivity index (χ1) is 7.79. The fourth-order valence-corrected chi connectivity index (χ4v) is 2.17. The first kappa shape index (κ1) is 11.1. The molecule has 2 rings (SSSR count). The minimum absolute atomic E-state index is 0.577. The topological polar surface area (TPSA) is 51.8 Å². The molecule has 0 aliphatic rings. The van der Waals surface area contributed by atoms with Gasteiger partial charge in [0.25, 0.3) is 0 Å². The van der Waals surface area contributed by atoms with Crippen LogP contribution in [-0.4, -0.2) is 9.97 Å². The van der Waals surface area contributed by atoms with E-state index in [0.717, 1.165) is 10.7 Å². The van der Waals surface area contributed by atoms with E-state index in [-0.39, 0.29) is 0 Å². The van der Waals surface area contributed by atoms with E-state index in [1.54, 1.807) is 24.2 Å². The van der Waals surface area contributed by atoms with Crippen molar-refractivity contribution in [3.8, 4) is 0 Å². The summed E-state index contributed by atoms with van der Waals surface area (Å²) in [6, 6.07) is 8.02. The lowest BCUT2D eigenvalue weighted by molar-refractivity contribution is 0.965. The Morgan fingerprint density at radius 3 is 2.62 bits per heavy atom. The average molecular weight is 231 g/mol. The molecule has 1 aromatic heterocycles. The molecule has 4 heteroatoms. The Kier molecular flexibility index (Phi) is 3.54. The van der Waals surface area contributed by atoms with Crippen LogP contribution in [0.25, 0.3) is 0 Å². The Balaban J connectivity index is 2.22. The van der Waals surface area contributed by atoms with Crippen molar-refractivity contribution in [3.05, 3.63) is 47.8 Å². The average Bonchev–Trinajstić information content (AvgIpc) is 2.33. The van der Waals surface area contributed by atoms with Crippen LogP contribution >= 0.6 is 11.8 Å². The lowest BCUT2D eigenvalue weighted by Gasteiger charge is -2.05. The number of nitrogens with zero attached hydrogens (tertiary/aromatic N) is 2. The highest BCUT2D eigenvalue weighted by molar-refractivity contribution is 7.99. The van der Waals surface area contributed by atoms with Crippen LogP contribution in [0, 0.1) is 6.92 Å². The molecule has 0 bridgehead atoms. The van der Waals surface area contributed by atoms with Crippen molar-refractivity contribution in [2.24, 2.45) is 5.73 Å². The predicted octanol–water partition coefficient (Wildman–Crippen LogP) is 2.39. The Morgan fingerprint density at radius 1 is 1.25 bits per heavy atom. The molecular formula is C12H13N3S. The van der Waals surface area contributed by atoms with Gasteiger partial charge in [-0.25, -0.2) is 9.97 Å². The Labute approximate surface area is 99.1 Å². The molecule has 1 heterocycles. The number of hydrogen-bond donors (Lipinski definition) is 1. The van der Waals surface area contributed by atoms with Gasteiger partial charge in [0.05, 0.1) is 0 Å². The van der Waals surface area contributed by atoms with Crippen molar-refractivity contribution in [2.45, 2.75) is 23.5 Å². The van der Waals surface area contributed by atoms with Gasteiger partial charge in [-0.15, -0.1) is 0 Å². The Morgan fingerprint density at radius 2 is 2.00 bits per heavy atom. The van der Waals surface area contributed by atoms with E-state index >= 15 is 0 Å². The van der Waals surface area contributed by atoms with E-state index in [4.69, 9.17) is 5.73 Å². The van der Waals surface area contributed by atoms with Gasteiger partial charge in [0.1, 0.15) is 0 Å². The zero-order chi connectivity index (χ0) is 11.4. The van der Waals surface area contributed by atoms with Gasteiger partial charge in [-0.05, 0) is 41.9 Å². The maximum atomic E-state index is 5.59. The molecule has 0 aliphatic heterocycles. The summed E-state index contributed by atoms with van der Waals surface area (Å²) in [6.45, 7) is 2.65. The smallest absolute Gasteiger partial charge is 0.192 e. The number of aryl methyl sites for hydroxylation is 1. The molecule has 0 fully saturated rings. The summed E-state index contributed by atoms with van der Waals surface area (Å²) >= 11 is 1.57. The van der Waals surface area contributed by atoms with E-state index in [9.17, 15) is 0 Å². The molecule has 0 amide bonds. The summed E-state index contributed by atoms with van der Waals surface area (Å²) < 4.78 is 0. The third-order valence-electron chi connectivity index (χ3n) is 2.22. The number of aromatic nitrogens is 2. The Bertz CT molecular complexity index is 471. The highest BCUT2D eigenvalue weighted by Crippen LogP contribution is 2.27. The maximum Gasteiger partial charge on any atom is 0.192 e. The van der Waals surface area contributed by atoms with E-state index in [1.165, 1.54) is 10.5 Å². The number of nitrogens with two attached hydrogens (primary N) is 1. The quantitative estimate of drug-likeness (QED) is 0.824. The zero-order valence-electron chi connectivity index (χ0n) is 9.05. The first-order valence-electron chi connectivity index (χ1n) is 5.04. The van der Waals surface area contributed by atoms with Crippen LogP contribution in [0.15, 0.2) is 46.7 Å². The fraction of sp³-hybridized carbons (Fsp3) is 0.167. The predicted molar refractivity (Wildman–Crippen MR) is 65.2 cm³/mol. The van der Waals surface area contributed by atoms with Gasteiger partial charge >= 0.3 is 0 Å². The summed E-state index contributed by atoms with van der Waals surface area (Å²) in [5, 5.41) is 0.770. The first-order valence-corrected chi connectivity index (χ1v) is 5.85. The summed E-state index contributed by atoms with van der Waals surface area (Å²) in [5.41, 5.74) is 7.95. The number of rotatable bonds is 3. The van der Waals surface area contributed by atoms with E-state index in [0.29, 0.717) is 6.54 Å². The molecule has 0 saturated carbocycles. The Hall–Kier alpha value is -1.39. The normalized spacial score (nSPS) is 10.4. The van der Waals surface area contributed by atoms with Gasteiger partial charge < -0.3 is 5.73 Å². The summed E-state index contributed by atoms with van der Waals surface area (Å²) in [7, 11) is 0. The minimum atomic E-state index is 0.577. The number of hydrogen-bond acceptors (Lipinski definition) is 4. The van der Waals surface area contributed by atoms with Crippen LogP contribution in [0.5, 0.6) is 0 Å². The van der Waals surface area contributed by atoms with Crippen LogP contribution in [0.3, 0.4) is 0 Å². The fourth-order valence-electron chi connectivity index (χ4n) is 1.39. The second-order valence-corrected chi connectivity index (χ2v) is 4.45. The molecule has 0 unspecified atom stereocenters. The molecule has 0 saturated heterocycles. The van der Waals surface area contributed by atoms with Crippen LogP contribution in [0.2, 0.25) is 0 Å². The standard InChI is InChI=1S/C12H13N3S/c1-9-7-10(8-13)3-4-11(9)16-12-14-5-2-6-15-12/h2-7H,8,13H2,1H3. The summed E-state index contributed by atoms with van der Waals surface area (Å²) in [6.07, 6.45) is 3.50. The van der Waals surface area contributed by atoms with Crippen molar-refractivity contribution >= 4 is 11.8 Å². The van der Waals surface area contributed by atoms with Gasteiger partial charge in [0.2, 0.25) is 0 Å². The number of benzene rings is 1. The zero-order valence-corrected chi connectivity index (χ0v) is 9.87. The van der Waals surface area contributed by atoms with Crippen molar-refractivity contribution in [3.63, 3.8) is 0 Å². The van der Waals surface area contributed by atoms with Crippen LogP contribution in [0.4, 0.5) is 0 Å². The molecule has 2 N–H and O–H groups in total. The third kappa shape index (κ3) is 2.59. The van der Waals surface area contributed by atoms with Gasteiger partial charge in [-0.3, -0.25) is 0 Å². The molecule has 0 radical (unpaired) electrons. The van der Waals surface area contributed by atoms with Gasteiger partial charge in [0.15, 0.2) is 5.16 Å². The van der Waals surface area contributed by atoms with Crippen molar-refractivity contribution in [1.29, 1.82) is 0 Å². The van der Waals surface area contributed by atoms with E-state index in [2.05, 4.69) is 29.0 Å². The molecule has 3 nitrogen and oxygen atoms in total. The molecule has 0 spiro atoms. The second kappa shape index (κ2) is 5.09. The molecular weight excluding hydrogens is 218 g/mol. The maximum absolute atomic E-state index is 5.59. The lowest BCUT2D eigenvalue weighted by atomic mass is 10.1. The second-order valence-electron chi connectivity index (χ2n) is 3.44. The minimum Gasteiger partial charge on any atom is -0.326 e. The SMILES string of the molecule is Cc1cc(CN)ccc1Sc1ncccn1. The molecule has 16 heavy (non-hydrogen) atoms. The van der Waals surface area contributed by atoms with E-state index in [1.807, 2.05) is 12.1 Å². The van der Waals surface area contributed by atoms with Gasteiger partial charge in [-0.2, -0.15) is 0 Å².